The number of aliphatic carboxylic acids is 1. The molecule has 0 radical (unpaired) electrons. The summed E-state index contributed by atoms with van der Waals surface area (Å²) in [6, 6.07) is 15.9. The van der Waals surface area contributed by atoms with Crippen molar-refractivity contribution in [3.63, 3.8) is 0 Å². The molecule has 32 heavy (non-hydrogen) atoms. The first-order valence-electron chi connectivity index (χ1n) is 10.6. The normalized spacial score (nSPS) is 14.1. The number of hydrogen-bond acceptors (Lipinski definition) is 5. The van der Waals surface area contributed by atoms with Crippen molar-refractivity contribution in [2.75, 3.05) is 24.7 Å². The summed E-state index contributed by atoms with van der Waals surface area (Å²) < 4.78 is 5.47. The highest BCUT2D eigenvalue weighted by atomic mass is 32.2. The average Bonchev–Trinajstić information content (AvgIpc) is 3.10. The van der Waals surface area contributed by atoms with Crippen LogP contribution in [0.4, 0.5) is 4.79 Å². The van der Waals surface area contributed by atoms with Crippen LogP contribution in [-0.2, 0) is 14.3 Å². The van der Waals surface area contributed by atoms with Crippen molar-refractivity contribution >= 4 is 29.7 Å². The zero-order valence-electron chi connectivity index (χ0n) is 18.2. The van der Waals surface area contributed by atoms with Crippen molar-refractivity contribution in [2.45, 2.75) is 25.8 Å². The fourth-order valence-corrected chi connectivity index (χ4v) is 4.33. The highest BCUT2D eigenvalue weighted by molar-refractivity contribution is 7.99. The highest BCUT2D eigenvalue weighted by Gasteiger charge is 2.29. The van der Waals surface area contributed by atoms with Gasteiger partial charge in [0, 0.05) is 24.3 Å². The number of thioether (sulfide) groups is 1. The summed E-state index contributed by atoms with van der Waals surface area (Å²) in [5.41, 5.74) is 4.68. The van der Waals surface area contributed by atoms with E-state index in [1.54, 1.807) is 13.8 Å². The van der Waals surface area contributed by atoms with Gasteiger partial charge in [-0.15, -0.1) is 0 Å². The lowest BCUT2D eigenvalue weighted by molar-refractivity contribution is -0.142. The second kappa shape index (κ2) is 11.0. The van der Waals surface area contributed by atoms with Crippen LogP contribution in [0.1, 0.15) is 30.9 Å². The Labute approximate surface area is 191 Å². The number of carboxylic acid groups (broad SMARTS) is 1. The van der Waals surface area contributed by atoms with E-state index in [1.165, 1.54) is 22.9 Å². The maximum absolute atomic E-state index is 12.1. The molecule has 7 nitrogen and oxygen atoms in total. The van der Waals surface area contributed by atoms with Gasteiger partial charge < -0.3 is 20.5 Å². The molecule has 3 N–H and O–H groups in total. The van der Waals surface area contributed by atoms with Crippen molar-refractivity contribution in [1.82, 2.24) is 10.6 Å². The minimum atomic E-state index is -0.947. The standard InChI is InChI=1S/C24H28N2O5S/c1-15(23(28)29)16(2)26-22(27)14-32-12-11-25-24(30)31-13-21-19-9-5-3-7-17(19)18-8-4-6-10-20(18)21/h3-10,15-16,21H,11-14H2,1-2H3,(H,25,30)(H,26,27)(H,28,29). The lowest BCUT2D eigenvalue weighted by atomic mass is 9.98. The molecule has 0 heterocycles. The SMILES string of the molecule is CC(NC(=O)CSCCNC(=O)OCC1c2ccccc2-c2ccccc21)C(C)C(=O)O. The number of alkyl carbamates (subject to hydrolysis) is 1. The maximum atomic E-state index is 12.1. The monoisotopic (exact) mass is 456 g/mol. The summed E-state index contributed by atoms with van der Waals surface area (Å²) in [4.78, 5) is 35.0. The Hall–Kier alpha value is -3.00. The third kappa shape index (κ3) is 5.82. The smallest absolute Gasteiger partial charge is 0.407 e. The molecular weight excluding hydrogens is 428 g/mol. The molecule has 0 aliphatic heterocycles. The molecule has 8 heteroatoms. The van der Waals surface area contributed by atoms with Gasteiger partial charge in [0.15, 0.2) is 0 Å². The van der Waals surface area contributed by atoms with Gasteiger partial charge in [0.05, 0.1) is 11.7 Å². The summed E-state index contributed by atoms with van der Waals surface area (Å²) in [6.45, 7) is 3.85. The van der Waals surface area contributed by atoms with Crippen LogP contribution in [0.2, 0.25) is 0 Å². The van der Waals surface area contributed by atoms with Crippen molar-refractivity contribution in [2.24, 2.45) is 5.92 Å². The first-order chi connectivity index (χ1) is 15.4. The molecule has 0 saturated carbocycles. The van der Waals surface area contributed by atoms with Gasteiger partial charge in [0.2, 0.25) is 5.91 Å². The zero-order valence-corrected chi connectivity index (χ0v) is 19.0. The number of benzene rings is 2. The number of ether oxygens (including phenoxy) is 1. The van der Waals surface area contributed by atoms with Gasteiger partial charge in [-0.05, 0) is 36.1 Å². The molecule has 0 fully saturated rings. The summed E-state index contributed by atoms with van der Waals surface area (Å²) in [7, 11) is 0. The third-order valence-electron chi connectivity index (χ3n) is 5.62. The van der Waals surface area contributed by atoms with Gasteiger partial charge in [-0.1, -0.05) is 48.5 Å². The molecule has 0 aromatic heterocycles. The van der Waals surface area contributed by atoms with E-state index in [9.17, 15) is 14.4 Å². The summed E-state index contributed by atoms with van der Waals surface area (Å²) >= 11 is 1.36. The Kier molecular flexibility index (Phi) is 8.16. The molecule has 1 aliphatic rings. The zero-order chi connectivity index (χ0) is 23.1. The van der Waals surface area contributed by atoms with E-state index >= 15 is 0 Å². The van der Waals surface area contributed by atoms with E-state index in [4.69, 9.17) is 9.84 Å². The predicted molar refractivity (Wildman–Crippen MR) is 125 cm³/mol. The molecule has 2 atom stereocenters. The van der Waals surface area contributed by atoms with Crippen molar-refractivity contribution in [3.8, 4) is 11.1 Å². The van der Waals surface area contributed by atoms with E-state index in [1.807, 2.05) is 24.3 Å². The van der Waals surface area contributed by atoms with Gasteiger partial charge >= 0.3 is 12.1 Å². The van der Waals surface area contributed by atoms with Crippen LogP contribution in [0.15, 0.2) is 48.5 Å². The molecule has 0 spiro atoms. The Bertz CT molecular complexity index is 935. The molecule has 2 unspecified atom stereocenters. The van der Waals surface area contributed by atoms with Crippen LogP contribution in [-0.4, -0.2) is 53.8 Å². The lowest BCUT2D eigenvalue weighted by Crippen LogP contribution is -2.41. The first-order valence-corrected chi connectivity index (χ1v) is 11.7. The quantitative estimate of drug-likeness (QED) is 0.473. The molecular formula is C24H28N2O5S. The number of nitrogens with one attached hydrogen (secondary N) is 2. The molecule has 2 aromatic carbocycles. The fourth-order valence-electron chi connectivity index (χ4n) is 3.67. The number of amides is 2. The lowest BCUT2D eigenvalue weighted by Gasteiger charge is -2.17. The summed E-state index contributed by atoms with van der Waals surface area (Å²) in [6.07, 6.45) is -0.485. The molecule has 3 rings (SSSR count). The first kappa shape index (κ1) is 23.7. The molecule has 0 bridgehead atoms. The summed E-state index contributed by atoms with van der Waals surface area (Å²) in [5.74, 6) is -1.07. The Morgan fingerprint density at radius 2 is 1.62 bits per heavy atom. The van der Waals surface area contributed by atoms with Crippen molar-refractivity contribution < 1.29 is 24.2 Å². The summed E-state index contributed by atoms with van der Waals surface area (Å²) in [5, 5.41) is 14.4. The Balaban J connectivity index is 1.37. The van der Waals surface area contributed by atoms with Gasteiger partial charge in [0.25, 0.3) is 0 Å². The molecule has 2 amide bonds. The van der Waals surface area contributed by atoms with Gasteiger partial charge in [0.1, 0.15) is 6.61 Å². The van der Waals surface area contributed by atoms with Crippen molar-refractivity contribution in [1.29, 1.82) is 0 Å². The van der Waals surface area contributed by atoms with E-state index in [2.05, 4.69) is 34.9 Å². The number of carboxylic acids is 1. The fraction of sp³-hybridized carbons (Fsp3) is 0.375. The number of carbonyl (C=O) groups excluding carboxylic acids is 2. The van der Waals surface area contributed by atoms with Crippen LogP contribution in [0.25, 0.3) is 11.1 Å². The number of fused-ring (bicyclic) bond motifs is 3. The number of carbonyl (C=O) groups is 3. The average molecular weight is 457 g/mol. The minimum Gasteiger partial charge on any atom is -0.481 e. The van der Waals surface area contributed by atoms with Crippen LogP contribution >= 0.6 is 11.8 Å². The van der Waals surface area contributed by atoms with Crippen molar-refractivity contribution in [3.05, 3.63) is 59.7 Å². The highest BCUT2D eigenvalue weighted by Crippen LogP contribution is 2.44. The molecule has 1 aliphatic carbocycles. The van der Waals surface area contributed by atoms with Crippen LogP contribution in [0.5, 0.6) is 0 Å². The Morgan fingerprint density at radius 1 is 1.03 bits per heavy atom. The van der Waals surface area contributed by atoms with Crippen LogP contribution in [0.3, 0.4) is 0 Å². The largest absolute Gasteiger partial charge is 0.481 e. The second-order valence-electron chi connectivity index (χ2n) is 7.79. The van der Waals surface area contributed by atoms with Gasteiger partial charge in [-0.3, -0.25) is 9.59 Å². The van der Waals surface area contributed by atoms with Gasteiger partial charge in [-0.25, -0.2) is 4.79 Å². The predicted octanol–water partition coefficient (Wildman–Crippen LogP) is 3.48. The minimum absolute atomic E-state index is 0.0152. The number of rotatable bonds is 10. The van der Waals surface area contributed by atoms with E-state index in [0.717, 1.165) is 11.1 Å². The third-order valence-corrected chi connectivity index (χ3v) is 6.58. The number of hydrogen-bond donors (Lipinski definition) is 3. The molecule has 170 valence electrons. The van der Waals surface area contributed by atoms with Crippen LogP contribution < -0.4 is 10.6 Å². The topological polar surface area (TPSA) is 105 Å². The van der Waals surface area contributed by atoms with E-state index in [0.29, 0.717) is 12.3 Å². The second-order valence-corrected chi connectivity index (χ2v) is 8.89. The van der Waals surface area contributed by atoms with E-state index < -0.39 is 24.0 Å². The maximum Gasteiger partial charge on any atom is 0.407 e. The van der Waals surface area contributed by atoms with Gasteiger partial charge in [-0.2, -0.15) is 11.8 Å². The van der Waals surface area contributed by atoms with Crippen LogP contribution in [0, 0.1) is 5.92 Å². The Morgan fingerprint density at radius 3 is 2.22 bits per heavy atom. The molecule has 0 saturated heterocycles. The molecule has 2 aromatic rings. The van der Waals surface area contributed by atoms with E-state index in [-0.39, 0.29) is 24.2 Å².